The van der Waals surface area contributed by atoms with E-state index in [9.17, 15) is 18.0 Å². The number of likely N-dealkylation sites (tertiary alicyclic amines) is 2. The molecular formula is C23H32N4O4S. The van der Waals surface area contributed by atoms with Gasteiger partial charge in [-0.1, -0.05) is 31.9 Å². The van der Waals surface area contributed by atoms with Gasteiger partial charge in [0.1, 0.15) is 11.9 Å². The number of sulfonamides is 1. The second kappa shape index (κ2) is 9.60. The molecule has 8 nitrogen and oxygen atoms in total. The highest BCUT2D eigenvalue weighted by Crippen LogP contribution is 2.26. The zero-order chi connectivity index (χ0) is 22.7. The molecule has 0 bridgehead atoms. The molecule has 1 atom stereocenters. The van der Waals surface area contributed by atoms with Gasteiger partial charge in [-0.3, -0.25) is 19.3 Å². The largest absolute Gasteiger partial charge is 0.342 e. The Morgan fingerprint density at radius 3 is 2.47 bits per heavy atom. The molecule has 1 N–H and O–H groups in total. The molecule has 0 saturated carbocycles. The number of rotatable bonds is 6. The van der Waals surface area contributed by atoms with Crippen LogP contribution in [0.2, 0.25) is 0 Å². The van der Waals surface area contributed by atoms with Crippen LogP contribution in [-0.4, -0.2) is 68.1 Å². The van der Waals surface area contributed by atoms with Crippen molar-refractivity contribution in [3.63, 3.8) is 0 Å². The first kappa shape index (κ1) is 22.8. The predicted molar refractivity (Wildman–Crippen MR) is 122 cm³/mol. The summed E-state index contributed by atoms with van der Waals surface area (Å²) in [7, 11) is -3.64. The van der Waals surface area contributed by atoms with Crippen molar-refractivity contribution < 1.29 is 18.0 Å². The van der Waals surface area contributed by atoms with Crippen LogP contribution in [0, 0.1) is 5.92 Å². The van der Waals surface area contributed by atoms with Crippen LogP contribution in [0.25, 0.3) is 0 Å². The number of unbranched alkanes of at least 4 members (excludes halogenated alkanes) is 1. The lowest BCUT2D eigenvalue weighted by atomic mass is 9.94. The number of hydrogen-bond donors (Lipinski definition) is 1. The maximum atomic E-state index is 13.3. The maximum Gasteiger partial charge on any atom is 0.263 e. The van der Waals surface area contributed by atoms with Gasteiger partial charge in [-0.05, 0) is 44.2 Å². The van der Waals surface area contributed by atoms with E-state index in [1.165, 1.54) is 0 Å². The molecular weight excluding hydrogens is 428 g/mol. The number of amidine groups is 1. The molecule has 1 aromatic carbocycles. The molecule has 0 radical (unpaired) electrons. The standard InChI is InChI=1S/C23H32N4O4S/c1-2-3-9-19(24-21-18-8-4-5-10-20(18)32(30,31)25-21)23(29)27-15-11-17(12-16-27)22(28)26-13-6-7-14-26/h4-5,8,10,17,19H,2-3,6-7,9,11-16H2,1H3,(H,24,25). The van der Waals surface area contributed by atoms with E-state index in [-0.39, 0.29) is 28.5 Å². The molecule has 3 heterocycles. The second-order valence-electron chi connectivity index (χ2n) is 8.87. The quantitative estimate of drug-likeness (QED) is 0.703. The average molecular weight is 461 g/mol. The summed E-state index contributed by atoms with van der Waals surface area (Å²) in [6.45, 7) is 4.84. The Morgan fingerprint density at radius 2 is 1.78 bits per heavy atom. The fourth-order valence-corrected chi connectivity index (χ4v) is 6.02. The topological polar surface area (TPSA) is 99.1 Å². The van der Waals surface area contributed by atoms with Crippen molar-refractivity contribution >= 4 is 27.7 Å². The Bertz CT molecular complexity index is 993. The van der Waals surface area contributed by atoms with Gasteiger partial charge in [-0.25, -0.2) is 8.42 Å². The Labute approximate surface area is 190 Å². The van der Waals surface area contributed by atoms with Gasteiger partial charge >= 0.3 is 0 Å². The summed E-state index contributed by atoms with van der Waals surface area (Å²) in [5.74, 6) is 0.385. The summed E-state index contributed by atoms with van der Waals surface area (Å²) < 4.78 is 27.3. The molecule has 9 heteroatoms. The fourth-order valence-electron chi connectivity index (χ4n) is 4.78. The number of carbonyl (C=O) groups excluding carboxylic acids is 2. The number of amides is 2. The maximum absolute atomic E-state index is 13.3. The third-order valence-electron chi connectivity index (χ3n) is 6.64. The monoisotopic (exact) mass is 460 g/mol. The lowest BCUT2D eigenvalue weighted by molar-refractivity contribution is -0.140. The average Bonchev–Trinajstić information content (AvgIpc) is 3.43. The van der Waals surface area contributed by atoms with E-state index in [1.807, 2.05) is 4.90 Å². The van der Waals surface area contributed by atoms with E-state index in [2.05, 4.69) is 16.6 Å². The summed E-state index contributed by atoms with van der Waals surface area (Å²) >= 11 is 0. The van der Waals surface area contributed by atoms with Crippen molar-refractivity contribution in [3.8, 4) is 0 Å². The lowest BCUT2D eigenvalue weighted by Crippen LogP contribution is -2.47. The van der Waals surface area contributed by atoms with Crippen molar-refractivity contribution in [1.29, 1.82) is 0 Å². The molecule has 174 valence electrons. The van der Waals surface area contributed by atoms with Crippen molar-refractivity contribution in [2.45, 2.75) is 62.8 Å². The number of piperidine rings is 1. The molecule has 1 aromatic rings. The second-order valence-corrected chi connectivity index (χ2v) is 10.5. The molecule has 32 heavy (non-hydrogen) atoms. The van der Waals surface area contributed by atoms with Crippen LogP contribution in [-0.2, 0) is 19.6 Å². The molecule has 2 amide bonds. The first-order valence-corrected chi connectivity index (χ1v) is 13.2. The van der Waals surface area contributed by atoms with Crippen LogP contribution < -0.4 is 4.72 Å². The minimum atomic E-state index is -3.64. The van der Waals surface area contributed by atoms with Gasteiger partial charge in [0, 0.05) is 37.7 Å². The van der Waals surface area contributed by atoms with Crippen molar-refractivity contribution in [1.82, 2.24) is 14.5 Å². The number of hydrogen-bond acceptors (Lipinski definition) is 5. The van der Waals surface area contributed by atoms with Crippen molar-refractivity contribution in [2.24, 2.45) is 10.9 Å². The third kappa shape index (κ3) is 4.67. The van der Waals surface area contributed by atoms with E-state index in [0.717, 1.165) is 38.8 Å². The third-order valence-corrected chi connectivity index (χ3v) is 8.03. The number of benzene rings is 1. The van der Waals surface area contributed by atoms with E-state index in [4.69, 9.17) is 0 Å². The predicted octanol–water partition coefficient (Wildman–Crippen LogP) is 2.14. The highest BCUT2D eigenvalue weighted by Gasteiger charge is 2.35. The van der Waals surface area contributed by atoms with Crippen LogP contribution >= 0.6 is 0 Å². The minimum Gasteiger partial charge on any atom is -0.342 e. The van der Waals surface area contributed by atoms with Crippen LogP contribution in [0.1, 0.15) is 57.4 Å². The molecule has 2 fully saturated rings. The van der Waals surface area contributed by atoms with E-state index in [0.29, 0.717) is 37.9 Å². The normalized spacial score (nSPS) is 22.6. The number of nitrogens with one attached hydrogen (secondary N) is 1. The molecule has 4 rings (SSSR count). The van der Waals surface area contributed by atoms with Crippen LogP contribution in [0.5, 0.6) is 0 Å². The SMILES string of the molecule is CCCCC(N=C1NS(=O)(=O)c2ccccc21)C(=O)N1CCC(C(=O)N2CCCC2)CC1. The number of aliphatic imine (C=N–C) groups is 1. The molecule has 0 spiro atoms. The molecule has 3 aliphatic heterocycles. The minimum absolute atomic E-state index is 0.00826. The van der Waals surface area contributed by atoms with E-state index in [1.54, 1.807) is 29.2 Å². The number of carbonyl (C=O) groups is 2. The van der Waals surface area contributed by atoms with Gasteiger partial charge in [0.05, 0.1) is 4.90 Å². The van der Waals surface area contributed by atoms with Crippen molar-refractivity contribution in [2.75, 3.05) is 26.2 Å². The van der Waals surface area contributed by atoms with Gasteiger partial charge in [0.15, 0.2) is 0 Å². The first-order chi connectivity index (χ1) is 15.4. The first-order valence-electron chi connectivity index (χ1n) is 11.7. The van der Waals surface area contributed by atoms with Gasteiger partial charge in [-0.15, -0.1) is 0 Å². The zero-order valence-corrected chi connectivity index (χ0v) is 19.4. The van der Waals surface area contributed by atoms with Crippen LogP contribution in [0.15, 0.2) is 34.2 Å². The smallest absolute Gasteiger partial charge is 0.263 e. The van der Waals surface area contributed by atoms with E-state index >= 15 is 0 Å². The highest BCUT2D eigenvalue weighted by molar-refractivity contribution is 7.90. The number of fused-ring (bicyclic) bond motifs is 1. The molecule has 3 aliphatic rings. The Balaban J connectivity index is 1.46. The fraction of sp³-hybridized carbons (Fsp3) is 0.609. The number of nitrogens with zero attached hydrogens (tertiary/aromatic N) is 3. The summed E-state index contributed by atoms with van der Waals surface area (Å²) in [6, 6.07) is 6.06. The Hall–Kier alpha value is -2.42. The van der Waals surface area contributed by atoms with Crippen molar-refractivity contribution in [3.05, 3.63) is 29.8 Å². The summed E-state index contributed by atoms with van der Waals surface area (Å²) in [4.78, 5) is 34.6. The summed E-state index contributed by atoms with van der Waals surface area (Å²) in [5.41, 5.74) is 0.511. The molecule has 0 aromatic heterocycles. The molecule has 1 unspecified atom stereocenters. The van der Waals surface area contributed by atoms with E-state index < -0.39 is 16.1 Å². The van der Waals surface area contributed by atoms with Gasteiger partial charge < -0.3 is 9.80 Å². The van der Waals surface area contributed by atoms with Crippen LogP contribution in [0.4, 0.5) is 0 Å². The molecule has 2 saturated heterocycles. The van der Waals surface area contributed by atoms with Gasteiger partial charge in [-0.2, -0.15) is 0 Å². The Kier molecular flexibility index (Phi) is 6.83. The van der Waals surface area contributed by atoms with Gasteiger partial charge in [0.25, 0.3) is 10.0 Å². The zero-order valence-electron chi connectivity index (χ0n) is 18.6. The lowest BCUT2D eigenvalue weighted by Gasteiger charge is -2.34. The van der Waals surface area contributed by atoms with Crippen LogP contribution in [0.3, 0.4) is 0 Å². The summed E-state index contributed by atoms with van der Waals surface area (Å²) in [5, 5.41) is 0. The summed E-state index contributed by atoms with van der Waals surface area (Å²) in [6.07, 6.45) is 5.82. The highest BCUT2D eigenvalue weighted by atomic mass is 32.2. The Morgan fingerprint density at radius 1 is 1.09 bits per heavy atom. The van der Waals surface area contributed by atoms with Gasteiger partial charge in [0.2, 0.25) is 11.8 Å². The molecule has 0 aliphatic carbocycles.